The van der Waals surface area contributed by atoms with Gasteiger partial charge in [0.25, 0.3) is 0 Å². The normalized spacial score (nSPS) is 20.0. The third kappa shape index (κ3) is 4.75. The Balaban J connectivity index is 1.93. The van der Waals surface area contributed by atoms with Gasteiger partial charge in [-0.15, -0.1) is 0 Å². The molecular weight excluding hydrogens is 333 g/mol. The van der Waals surface area contributed by atoms with Crippen LogP contribution in [0.1, 0.15) is 24.8 Å². The minimum absolute atomic E-state index is 0.199. The summed E-state index contributed by atoms with van der Waals surface area (Å²) >= 11 is 12.6. The summed E-state index contributed by atoms with van der Waals surface area (Å²) in [6, 6.07) is 5.63. The molecule has 0 saturated carbocycles. The number of hydrogen-bond donors (Lipinski definition) is 1. The highest BCUT2D eigenvalue weighted by Crippen LogP contribution is 2.31. The van der Waals surface area contributed by atoms with Crippen LogP contribution in [-0.4, -0.2) is 51.3 Å². The Morgan fingerprint density at radius 3 is 2.74 bits per heavy atom. The minimum atomic E-state index is 0.199. The van der Waals surface area contributed by atoms with E-state index >= 15 is 0 Å². The molecule has 2 atom stereocenters. The van der Waals surface area contributed by atoms with Crippen molar-refractivity contribution in [3.63, 3.8) is 0 Å². The fraction of sp³-hybridized carbons (Fsp3) is 0.588. The first kappa shape index (κ1) is 18.4. The molecule has 0 amide bonds. The van der Waals surface area contributed by atoms with Gasteiger partial charge in [-0.05, 0) is 24.1 Å². The van der Waals surface area contributed by atoms with Gasteiger partial charge >= 0.3 is 0 Å². The molecule has 2 unspecified atom stereocenters. The van der Waals surface area contributed by atoms with Crippen molar-refractivity contribution in [3.8, 4) is 0 Å². The standard InChI is InChI=1S/C17H25Cl2N3O/c1-12(16-14(18)5-4-6-15(16)19)9-21-17(20-2)22-8-7-13(10-22)11-23-3/h4-6,12-13H,7-11H2,1-3H3,(H,20,21). The van der Waals surface area contributed by atoms with Gasteiger partial charge in [-0.25, -0.2) is 0 Å². The van der Waals surface area contributed by atoms with E-state index in [1.807, 2.05) is 25.2 Å². The molecule has 1 N–H and O–H groups in total. The van der Waals surface area contributed by atoms with Crippen molar-refractivity contribution in [2.24, 2.45) is 10.9 Å². The molecule has 4 nitrogen and oxygen atoms in total. The molecule has 0 aromatic heterocycles. The van der Waals surface area contributed by atoms with Crippen molar-refractivity contribution in [3.05, 3.63) is 33.8 Å². The molecule has 1 aliphatic rings. The van der Waals surface area contributed by atoms with Gasteiger partial charge in [-0.1, -0.05) is 36.2 Å². The van der Waals surface area contributed by atoms with Crippen molar-refractivity contribution in [2.45, 2.75) is 19.3 Å². The van der Waals surface area contributed by atoms with Crippen molar-refractivity contribution in [1.29, 1.82) is 0 Å². The molecule has 1 heterocycles. The molecule has 1 aliphatic heterocycles. The van der Waals surface area contributed by atoms with E-state index in [4.69, 9.17) is 27.9 Å². The number of halogens is 2. The Labute approximate surface area is 148 Å². The monoisotopic (exact) mass is 357 g/mol. The average Bonchev–Trinajstić information content (AvgIpc) is 2.96. The van der Waals surface area contributed by atoms with Crippen LogP contribution < -0.4 is 5.32 Å². The molecule has 23 heavy (non-hydrogen) atoms. The highest BCUT2D eigenvalue weighted by atomic mass is 35.5. The van der Waals surface area contributed by atoms with Crippen LogP contribution in [0.2, 0.25) is 10.0 Å². The van der Waals surface area contributed by atoms with Gasteiger partial charge in [-0.2, -0.15) is 0 Å². The van der Waals surface area contributed by atoms with E-state index in [1.54, 1.807) is 7.11 Å². The SMILES string of the molecule is CN=C(NCC(C)c1c(Cl)cccc1Cl)N1CCC(COC)C1. The second kappa shape index (κ2) is 8.76. The molecule has 6 heteroatoms. The van der Waals surface area contributed by atoms with Crippen LogP contribution in [0.3, 0.4) is 0 Å². The summed E-state index contributed by atoms with van der Waals surface area (Å²) in [6.45, 7) is 5.65. The number of nitrogens with one attached hydrogen (secondary N) is 1. The number of nitrogens with zero attached hydrogens (tertiary/aromatic N) is 2. The number of ether oxygens (including phenoxy) is 1. The Bertz CT molecular complexity index is 530. The molecule has 0 aliphatic carbocycles. The second-order valence-corrected chi connectivity index (χ2v) is 6.83. The molecule has 1 aromatic carbocycles. The maximum atomic E-state index is 6.29. The summed E-state index contributed by atoms with van der Waals surface area (Å²) in [6.07, 6.45) is 1.14. The number of likely N-dealkylation sites (tertiary alicyclic amines) is 1. The molecule has 2 rings (SSSR count). The lowest BCUT2D eigenvalue weighted by atomic mass is 10.0. The number of hydrogen-bond acceptors (Lipinski definition) is 2. The molecule has 0 radical (unpaired) electrons. The maximum Gasteiger partial charge on any atom is 0.193 e. The zero-order valence-electron chi connectivity index (χ0n) is 14.0. The quantitative estimate of drug-likeness (QED) is 0.645. The van der Waals surface area contributed by atoms with E-state index in [-0.39, 0.29) is 5.92 Å². The number of methoxy groups -OCH3 is 1. The zero-order chi connectivity index (χ0) is 16.8. The highest BCUT2D eigenvalue weighted by molar-refractivity contribution is 6.36. The highest BCUT2D eigenvalue weighted by Gasteiger charge is 2.25. The Hall–Kier alpha value is -0.970. The Morgan fingerprint density at radius 2 is 2.13 bits per heavy atom. The topological polar surface area (TPSA) is 36.9 Å². The van der Waals surface area contributed by atoms with Gasteiger partial charge in [-0.3, -0.25) is 4.99 Å². The summed E-state index contributed by atoms with van der Waals surface area (Å²) < 4.78 is 5.25. The van der Waals surface area contributed by atoms with Crippen LogP contribution in [0, 0.1) is 5.92 Å². The van der Waals surface area contributed by atoms with E-state index in [2.05, 4.69) is 22.1 Å². The second-order valence-electron chi connectivity index (χ2n) is 6.02. The Morgan fingerprint density at radius 1 is 1.43 bits per heavy atom. The zero-order valence-corrected chi connectivity index (χ0v) is 15.5. The smallest absolute Gasteiger partial charge is 0.193 e. The number of rotatable bonds is 5. The molecule has 128 valence electrons. The van der Waals surface area contributed by atoms with Gasteiger partial charge in [0.2, 0.25) is 0 Å². The van der Waals surface area contributed by atoms with E-state index in [1.165, 1.54) is 0 Å². The Kier molecular flexibility index (Phi) is 7.00. The maximum absolute atomic E-state index is 6.29. The molecule has 0 bridgehead atoms. The number of guanidine groups is 1. The van der Waals surface area contributed by atoms with Crippen LogP contribution in [-0.2, 0) is 4.74 Å². The van der Waals surface area contributed by atoms with Crippen molar-refractivity contribution in [2.75, 3.05) is 40.4 Å². The average molecular weight is 358 g/mol. The van der Waals surface area contributed by atoms with E-state index < -0.39 is 0 Å². The van der Waals surface area contributed by atoms with Crippen molar-refractivity contribution < 1.29 is 4.74 Å². The third-order valence-corrected chi connectivity index (χ3v) is 4.92. The van der Waals surface area contributed by atoms with Gasteiger partial charge in [0.15, 0.2) is 5.96 Å². The molecule has 0 spiro atoms. The summed E-state index contributed by atoms with van der Waals surface area (Å²) in [7, 11) is 3.57. The molecule has 1 aromatic rings. The van der Waals surface area contributed by atoms with E-state index in [0.717, 1.165) is 44.2 Å². The lowest BCUT2D eigenvalue weighted by Gasteiger charge is -2.24. The number of aliphatic imine (C=N–C) groups is 1. The van der Waals surface area contributed by atoms with Crippen LogP contribution in [0.5, 0.6) is 0 Å². The minimum Gasteiger partial charge on any atom is -0.384 e. The predicted octanol–water partition coefficient (Wildman–Crippen LogP) is 3.64. The van der Waals surface area contributed by atoms with Gasteiger partial charge < -0.3 is 15.0 Å². The van der Waals surface area contributed by atoms with Gasteiger partial charge in [0, 0.05) is 55.7 Å². The van der Waals surface area contributed by atoms with E-state index in [9.17, 15) is 0 Å². The van der Waals surface area contributed by atoms with Crippen LogP contribution in [0.15, 0.2) is 23.2 Å². The largest absolute Gasteiger partial charge is 0.384 e. The van der Waals surface area contributed by atoms with Gasteiger partial charge in [0.05, 0.1) is 6.61 Å². The van der Waals surface area contributed by atoms with E-state index in [0.29, 0.717) is 16.0 Å². The molecule has 1 fully saturated rings. The summed E-state index contributed by atoms with van der Waals surface area (Å²) in [5, 5.41) is 4.87. The summed E-state index contributed by atoms with van der Waals surface area (Å²) in [4.78, 5) is 6.68. The van der Waals surface area contributed by atoms with Crippen LogP contribution in [0.25, 0.3) is 0 Å². The van der Waals surface area contributed by atoms with Gasteiger partial charge in [0.1, 0.15) is 0 Å². The molecule has 1 saturated heterocycles. The fourth-order valence-electron chi connectivity index (χ4n) is 3.06. The third-order valence-electron chi connectivity index (χ3n) is 4.26. The molecular formula is C17H25Cl2N3O. The lowest BCUT2D eigenvalue weighted by molar-refractivity contribution is 0.157. The van der Waals surface area contributed by atoms with Crippen molar-refractivity contribution >= 4 is 29.2 Å². The first-order chi connectivity index (χ1) is 11.1. The van der Waals surface area contributed by atoms with Crippen LogP contribution >= 0.6 is 23.2 Å². The number of benzene rings is 1. The first-order valence-electron chi connectivity index (χ1n) is 7.95. The lowest BCUT2D eigenvalue weighted by Crippen LogP contribution is -2.41. The predicted molar refractivity (Wildman–Crippen MR) is 97.8 cm³/mol. The summed E-state index contributed by atoms with van der Waals surface area (Å²) in [5.41, 5.74) is 0.984. The first-order valence-corrected chi connectivity index (χ1v) is 8.70. The summed E-state index contributed by atoms with van der Waals surface area (Å²) in [5.74, 6) is 1.71. The van der Waals surface area contributed by atoms with Crippen LogP contribution in [0.4, 0.5) is 0 Å². The fourth-order valence-corrected chi connectivity index (χ4v) is 3.83. The van der Waals surface area contributed by atoms with Crippen molar-refractivity contribution in [1.82, 2.24) is 10.2 Å².